The number of hydrogen-bond acceptors (Lipinski definition) is 1. The summed E-state index contributed by atoms with van der Waals surface area (Å²) in [5.74, 6) is 0.904. The van der Waals surface area contributed by atoms with Gasteiger partial charge in [0, 0.05) is 10.9 Å². The van der Waals surface area contributed by atoms with Gasteiger partial charge in [0.1, 0.15) is 12.4 Å². The van der Waals surface area contributed by atoms with Crippen molar-refractivity contribution in [3.05, 3.63) is 107 Å². The summed E-state index contributed by atoms with van der Waals surface area (Å²) in [6.07, 6.45) is 0. The third kappa shape index (κ3) is 4.14. The fraction of sp³-hybridized carbons (Fsp3) is 0.0952. The van der Waals surface area contributed by atoms with Gasteiger partial charge < -0.3 is 4.74 Å². The third-order valence-corrected chi connectivity index (χ3v) is 4.03. The summed E-state index contributed by atoms with van der Waals surface area (Å²) in [5, 5.41) is 0.737. The van der Waals surface area contributed by atoms with Crippen LogP contribution in [0.2, 0.25) is 5.02 Å². The quantitative estimate of drug-likeness (QED) is 0.569. The van der Waals surface area contributed by atoms with Crippen molar-refractivity contribution >= 4 is 11.6 Å². The summed E-state index contributed by atoms with van der Waals surface area (Å²) in [6.45, 7) is 4.83. The molecule has 115 valence electrons. The topological polar surface area (TPSA) is 9.23 Å². The zero-order valence-electron chi connectivity index (χ0n) is 12.8. The molecule has 0 fully saturated rings. The molecular weight excluding hydrogens is 304 g/mol. The molecule has 1 radical (unpaired) electrons. The summed E-state index contributed by atoms with van der Waals surface area (Å²) in [6, 6.07) is 26.1. The van der Waals surface area contributed by atoms with Gasteiger partial charge in [-0.05, 0) is 47.9 Å². The van der Waals surface area contributed by atoms with Gasteiger partial charge in [0.25, 0.3) is 0 Å². The third-order valence-electron chi connectivity index (χ3n) is 3.78. The van der Waals surface area contributed by atoms with E-state index in [1.807, 2.05) is 54.6 Å². The predicted molar refractivity (Wildman–Crippen MR) is 95.9 cm³/mol. The molecule has 3 rings (SSSR count). The van der Waals surface area contributed by atoms with Gasteiger partial charge in [-0.3, -0.25) is 0 Å². The lowest BCUT2D eigenvalue weighted by Gasteiger charge is -2.14. The highest BCUT2D eigenvalue weighted by atomic mass is 35.5. The molecule has 3 aromatic carbocycles. The molecule has 0 saturated carbocycles. The first kappa shape index (κ1) is 15.6. The Morgan fingerprint density at radius 1 is 0.826 bits per heavy atom. The number of halogens is 1. The lowest BCUT2D eigenvalue weighted by molar-refractivity contribution is 0.306. The molecule has 0 saturated heterocycles. The maximum absolute atomic E-state index is 5.95. The van der Waals surface area contributed by atoms with Gasteiger partial charge in [-0.2, -0.15) is 0 Å². The first-order valence-electron chi connectivity index (χ1n) is 7.57. The van der Waals surface area contributed by atoms with E-state index in [4.69, 9.17) is 16.3 Å². The van der Waals surface area contributed by atoms with Crippen LogP contribution in [0.15, 0.2) is 78.9 Å². The van der Waals surface area contributed by atoms with E-state index in [1.165, 1.54) is 0 Å². The second-order valence-corrected chi connectivity index (χ2v) is 5.89. The van der Waals surface area contributed by atoms with E-state index in [9.17, 15) is 0 Å². The first-order chi connectivity index (χ1) is 11.2. The Morgan fingerprint density at radius 2 is 1.57 bits per heavy atom. The van der Waals surface area contributed by atoms with E-state index in [-0.39, 0.29) is 5.92 Å². The second kappa shape index (κ2) is 7.34. The van der Waals surface area contributed by atoms with Gasteiger partial charge in [-0.25, -0.2) is 0 Å². The van der Waals surface area contributed by atoms with E-state index in [0.29, 0.717) is 6.61 Å². The molecule has 0 amide bonds. The average Bonchev–Trinajstić information content (AvgIpc) is 2.61. The van der Waals surface area contributed by atoms with Crippen molar-refractivity contribution in [1.29, 1.82) is 0 Å². The van der Waals surface area contributed by atoms with Crippen LogP contribution in [0.1, 0.15) is 22.6 Å². The van der Waals surface area contributed by atoms with Crippen LogP contribution in [0, 0.1) is 6.92 Å². The summed E-state index contributed by atoms with van der Waals surface area (Å²) in [5.41, 5.74) is 3.41. The zero-order chi connectivity index (χ0) is 16.1. The minimum absolute atomic E-state index is 0.0486. The van der Waals surface area contributed by atoms with Crippen LogP contribution in [0.3, 0.4) is 0 Å². The maximum atomic E-state index is 5.95. The molecule has 0 aliphatic rings. The smallest absolute Gasteiger partial charge is 0.120 e. The van der Waals surface area contributed by atoms with E-state index in [1.54, 1.807) is 0 Å². The number of benzene rings is 3. The Labute approximate surface area is 142 Å². The lowest BCUT2D eigenvalue weighted by atomic mass is 9.93. The summed E-state index contributed by atoms with van der Waals surface area (Å²) in [7, 11) is 0. The van der Waals surface area contributed by atoms with Gasteiger partial charge in [0.05, 0.1) is 0 Å². The van der Waals surface area contributed by atoms with Crippen LogP contribution in [-0.2, 0) is 6.61 Å². The number of hydrogen-bond donors (Lipinski definition) is 0. The Kier molecular flexibility index (Phi) is 4.99. The van der Waals surface area contributed by atoms with Crippen molar-refractivity contribution in [2.45, 2.75) is 12.5 Å². The highest BCUT2D eigenvalue weighted by molar-refractivity contribution is 6.30. The molecule has 23 heavy (non-hydrogen) atoms. The summed E-state index contributed by atoms with van der Waals surface area (Å²) >= 11 is 5.95. The SMILES string of the molecule is [CH2]C(c1ccc(Cl)cc1)c1cccc(OCc2ccccc2)c1. The summed E-state index contributed by atoms with van der Waals surface area (Å²) < 4.78 is 5.89. The minimum Gasteiger partial charge on any atom is -0.489 e. The van der Waals surface area contributed by atoms with Crippen LogP contribution in [0.25, 0.3) is 0 Å². The highest BCUT2D eigenvalue weighted by Gasteiger charge is 2.09. The Morgan fingerprint density at radius 3 is 2.30 bits per heavy atom. The Hall–Kier alpha value is -2.25. The van der Waals surface area contributed by atoms with Gasteiger partial charge in [0.2, 0.25) is 0 Å². The molecule has 0 aromatic heterocycles. The fourth-order valence-corrected chi connectivity index (χ4v) is 2.58. The van der Waals surface area contributed by atoms with Gasteiger partial charge in [0.15, 0.2) is 0 Å². The van der Waals surface area contributed by atoms with Crippen LogP contribution in [0.5, 0.6) is 5.75 Å². The zero-order valence-corrected chi connectivity index (χ0v) is 13.5. The van der Waals surface area contributed by atoms with Gasteiger partial charge >= 0.3 is 0 Å². The van der Waals surface area contributed by atoms with Crippen LogP contribution in [-0.4, -0.2) is 0 Å². The van der Waals surface area contributed by atoms with Crippen molar-refractivity contribution in [3.63, 3.8) is 0 Å². The van der Waals surface area contributed by atoms with Crippen molar-refractivity contribution < 1.29 is 4.74 Å². The molecule has 1 unspecified atom stereocenters. The molecule has 2 heteroatoms. The van der Waals surface area contributed by atoms with E-state index in [0.717, 1.165) is 27.5 Å². The van der Waals surface area contributed by atoms with E-state index < -0.39 is 0 Å². The molecule has 0 N–H and O–H groups in total. The van der Waals surface area contributed by atoms with Crippen molar-refractivity contribution in [1.82, 2.24) is 0 Å². The van der Waals surface area contributed by atoms with Crippen LogP contribution < -0.4 is 4.74 Å². The summed E-state index contributed by atoms with van der Waals surface area (Å²) in [4.78, 5) is 0. The van der Waals surface area contributed by atoms with E-state index >= 15 is 0 Å². The normalized spacial score (nSPS) is 11.9. The maximum Gasteiger partial charge on any atom is 0.120 e. The fourth-order valence-electron chi connectivity index (χ4n) is 2.45. The van der Waals surface area contributed by atoms with Crippen LogP contribution in [0.4, 0.5) is 0 Å². The van der Waals surface area contributed by atoms with Crippen molar-refractivity contribution in [3.8, 4) is 5.75 Å². The molecule has 0 bridgehead atoms. The minimum atomic E-state index is 0.0486. The molecule has 0 aliphatic carbocycles. The Balaban J connectivity index is 1.73. The molecule has 1 atom stereocenters. The van der Waals surface area contributed by atoms with E-state index in [2.05, 4.69) is 31.2 Å². The highest BCUT2D eigenvalue weighted by Crippen LogP contribution is 2.27. The van der Waals surface area contributed by atoms with Gasteiger partial charge in [-0.1, -0.05) is 66.2 Å². The standard InChI is InChI=1S/C21H18ClO/c1-16(18-10-12-20(22)13-11-18)19-8-5-9-21(14-19)23-15-17-6-3-2-4-7-17/h2-14,16H,1,15H2. The predicted octanol–water partition coefficient (Wildman–Crippen LogP) is 5.88. The molecule has 3 aromatic rings. The first-order valence-corrected chi connectivity index (χ1v) is 7.95. The molecule has 0 heterocycles. The van der Waals surface area contributed by atoms with Crippen molar-refractivity contribution in [2.75, 3.05) is 0 Å². The monoisotopic (exact) mass is 321 g/mol. The Bertz CT molecular complexity index is 750. The molecular formula is C21H18ClO. The van der Waals surface area contributed by atoms with Gasteiger partial charge in [-0.15, -0.1) is 0 Å². The largest absolute Gasteiger partial charge is 0.489 e. The molecule has 0 aliphatic heterocycles. The average molecular weight is 322 g/mol. The number of ether oxygens (including phenoxy) is 1. The second-order valence-electron chi connectivity index (χ2n) is 5.45. The van der Waals surface area contributed by atoms with Crippen molar-refractivity contribution in [2.24, 2.45) is 0 Å². The number of rotatable bonds is 5. The molecule has 0 spiro atoms. The van der Waals surface area contributed by atoms with Crippen LogP contribution >= 0.6 is 11.6 Å². The molecule has 1 nitrogen and oxygen atoms in total. The lowest BCUT2D eigenvalue weighted by Crippen LogP contribution is -1.99.